The summed E-state index contributed by atoms with van der Waals surface area (Å²) < 4.78 is 0. The van der Waals surface area contributed by atoms with E-state index in [9.17, 15) is 9.90 Å². The van der Waals surface area contributed by atoms with Gasteiger partial charge in [-0.05, 0) is 24.3 Å². The zero-order valence-corrected chi connectivity index (χ0v) is 10.8. The summed E-state index contributed by atoms with van der Waals surface area (Å²) in [5, 5.41) is 20.9. The summed E-state index contributed by atoms with van der Waals surface area (Å²) >= 11 is 1.29. The Morgan fingerprint density at radius 2 is 2.19 bits per heavy atom. The van der Waals surface area contributed by atoms with Crippen molar-refractivity contribution in [2.75, 3.05) is 0 Å². The molecule has 1 rings (SSSR count). The Bertz CT molecular complexity index is 313. The number of aliphatic hydroxyl groups is 1. The molecule has 0 aliphatic rings. The van der Waals surface area contributed by atoms with Gasteiger partial charge in [-0.3, -0.25) is 0 Å². The topological polar surface area (TPSA) is 57.5 Å². The first-order valence-corrected chi connectivity index (χ1v) is 5.99. The fourth-order valence-electron chi connectivity index (χ4n) is 1.48. The minimum atomic E-state index is -1.69. The van der Waals surface area contributed by atoms with Crippen molar-refractivity contribution in [3.05, 3.63) is 22.4 Å². The maximum absolute atomic E-state index is 11.1. The molecule has 0 aliphatic carbocycles. The summed E-state index contributed by atoms with van der Waals surface area (Å²) in [6.45, 7) is 2.05. The molecule has 2 N–H and O–H groups in total. The molecule has 16 heavy (non-hydrogen) atoms. The maximum Gasteiger partial charge on any atom is 0.341 e. The minimum Gasteiger partial charge on any atom is -0.479 e. The van der Waals surface area contributed by atoms with Crippen LogP contribution in [0.3, 0.4) is 0 Å². The van der Waals surface area contributed by atoms with Gasteiger partial charge in [-0.25, -0.2) is 4.79 Å². The van der Waals surface area contributed by atoms with Gasteiger partial charge in [0, 0.05) is 4.88 Å². The Hall–Kier alpha value is -0.580. The largest absolute Gasteiger partial charge is 0.479 e. The van der Waals surface area contributed by atoms with E-state index in [0.717, 1.165) is 19.3 Å². The van der Waals surface area contributed by atoms with Crippen LogP contribution in [0, 0.1) is 0 Å². The van der Waals surface area contributed by atoms with Gasteiger partial charge in [-0.15, -0.1) is 23.7 Å². The Labute approximate surface area is 106 Å². The van der Waals surface area contributed by atoms with Crippen LogP contribution in [0.25, 0.3) is 0 Å². The lowest BCUT2D eigenvalue weighted by molar-refractivity contribution is -0.160. The van der Waals surface area contributed by atoms with Crippen molar-refractivity contribution in [2.24, 2.45) is 0 Å². The summed E-state index contributed by atoms with van der Waals surface area (Å²) in [5.41, 5.74) is -1.69. The van der Waals surface area contributed by atoms with E-state index in [1.165, 1.54) is 11.3 Å². The van der Waals surface area contributed by atoms with Gasteiger partial charge in [0.1, 0.15) is 0 Å². The van der Waals surface area contributed by atoms with Crippen LogP contribution in [0.5, 0.6) is 0 Å². The van der Waals surface area contributed by atoms with Gasteiger partial charge in [0.15, 0.2) is 5.60 Å². The summed E-state index contributed by atoms with van der Waals surface area (Å²) in [7, 11) is 0. The van der Waals surface area contributed by atoms with Crippen molar-refractivity contribution in [1.82, 2.24) is 0 Å². The minimum absolute atomic E-state index is 0. The molecular formula is C11H17ClO3S. The number of carbonyl (C=O) groups is 1. The summed E-state index contributed by atoms with van der Waals surface area (Å²) in [4.78, 5) is 11.6. The molecule has 92 valence electrons. The van der Waals surface area contributed by atoms with E-state index < -0.39 is 11.6 Å². The molecule has 1 aromatic heterocycles. The molecule has 0 saturated heterocycles. The van der Waals surface area contributed by atoms with Crippen LogP contribution in [-0.4, -0.2) is 16.2 Å². The number of hydrogen-bond donors (Lipinski definition) is 2. The highest BCUT2D eigenvalue weighted by atomic mass is 35.5. The Morgan fingerprint density at radius 1 is 1.50 bits per heavy atom. The molecule has 0 bridgehead atoms. The van der Waals surface area contributed by atoms with Crippen LogP contribution >= 0.6 is 23.7 Å². The van der Waals surface area contributed by atoms with Crippen molar-refractivity contribution in [3.63, 3.8) is 0 Å². The standard InChI is InChI=1S/C11H16O3S.ClH/c1-2-3-4-7-11(14,10(12)13)9-6-5-8-15-9;/h5-6,8,14H,2-4,7H2,1H3,(H,12,13);1H. The highest BCUT2D eigenvalue weighted by Gasteiger charge is 2.38. The smallest absolute Gasteiger partial charge is 0.341 e. The van der Waals surface area contributed by atoms with E-state index in [1.54, 1.807) is 17.5 Å². The zero-order valence-electron chi connectivity index (χ0n) is 9.18. The van der Waals surface area contributed by atoms with Crippen molar-refractivity contribution in [2.45, 2.75) is 38.2 Å². The number of thiophene rings is 1. The second-order valence-electron chi connectivity index (χ2n) is 3.60. The van der Waals surface area contributed by atoms with Crippen molar-refractivity contribution in [3.8, 4) is 0 Å². The van der Waals surface area contributed by atoms with Crippen LogP contribution in [0.4, 0.5) is 0 Å². The molecule has 0 fully saturated rings. The number of unbranched alkanes of at least 4 members (excludes halogenated alkanes) is 2. The highest BCUT2D eigenvalue weighted by molar-refractivity contribution is 7.10. The Balaban J connectivity index is 0.00000225. The zero-order chi connectivity index (χ0) is 11.3. The molecular weight excluding hydrogens is 248 g/mol. The van der Waals surface area contributed by atoms with Crippen LogP contribution in [0.15, 0.2) is 17.5 Å². The molecule has 3 nitrogen and oxygen atoms in total. The average Bonchev–Trinajstić information content (AvgIpc) is 2.70. The predicted molar refractivity (Wildman–Crippen MR) is 67.2 cm³/mol. The molecule has 1 aromatic rings. The van der Waals surface area contributed by atoms with E-state index in [4.69, 9.17) is 5.11 Å². The van der Waals surface area contributed by atoms with Gasteiger partial charge in [-0.1, -0.05) is 25.8 Å². The number of aliphatic carboxylic acids is 1. The van der Waals surface area contributed by atoms with Gasteiger partial charge in [0.05, 0.1) is 0 Å². The fourth-order valence-corrected chi connectivity index (χ4v) is 2.33. The summed E-state index contributed by atoms with van der Waals surface area (Å²) in [5.74, 6) is -1.15. The van der Waals surface area contributed by atoms with E-state index in [0.29, 0.717) is 4.88 Å². The normalized spacial score (nSPS) is 13.9. The van der Waals surface area contributed by atoms with Crippen LogP contribution in [0.1, 0.15) is 37.5 Å². The van der Waals surface area contributed by atoms with Crippen LogP contribution < -0.4 is 0 Å². The fraction of sp³-hybridized carbons (Fsp3) is 0.545. The van der Waals surface area contributed by atoms with E-state index in [2.05, 4.69) is 0 Å². The molecule has 0 aromatic carbocycles. The third-order valence-corrected chi connectivity index (χ3v) is 3.45. The van der Waals surface area contributed by atoms with E-state index in [-0.39, 0.29) is 18.8 Å². The van der Waals surface area contributed by atoms with Crippen molar-refractivity contribution < 1.29 is 15.0 Å². The molecule has 0 radical (unpaired) electrons. The van der Waals surface area contributed by atoms with Crippen molar-refractivity contribution >= 4 is 29.7 Å². The molecule has 5 heteroatoms. The third-order valence-electron chi connectivity index (χ3n) is 2.42. The average molecular weight is 265 g/mol. The molecule has 1 unspecified atom stereocenters. The Kier molecular flexibility index (Phi) is 6.64. The third kappa shape index (κ3) is 3.47. The predicted octanol–water partition coefficient (Wildman–Crippen LogP) is 3.02. The summed E-state index contributed by atoms with van der Waals surface area (Å²) in [6.07, 6.45) is 2.98. The number of carboxylic acid groups (broad SMARTS) is 1. The number of halogens is 1. The maximum atomic E-state index is 11.1. The summed E-state index contributed by atoms with van der Waals surface area (Å²) in [6, 6.07) is 3.43. The lowest BCUT2D eigenvalue weighted by atomic mass is 9.94. The first kappa shape index (κ1) is 15.4. The van der Waals surface area contributed by atoms with Gasteiger partial charge in [0.2, 0.25) is 0 Å². The van der Waals surface area contributed by atoms with Crippen LogP contribution in [0.2, 0.25) is 0 Å². The first-order valence-electron chi connectivity index (χ1n) is 5.11. The van der Waals surface area contributed by atoms with Gasteiger partial charge >= 0.3 is 5.97 Å². The molecule has 1 heterocycles. The van der Waals surface area contributed by atoms with E-state index in [1.807, 2.05) is 6.92 Å². The monoisotopic (exact) mass is 264 g/mol. The van der Waals surface area contributed by atoms with Gasteiger partial charge in [-0.2, -0.15) is 0 Å². The van der Waals surface area contributed by atoms with E-state index >= 15 is 0 Å². The number of carboxylic acids is 1. The molecule has 0 amide bonds. The van der Waals surface area contributed by atoms with Gasteiger partial charge < -0.3 is 10.2 Å². The molecule has 0 spiro atoms. The van der Waals surface area contributed by atoms with Gasteiger partial charge in [0.25, 0.3) is 0 Å². The quantitative estimate of drug-likeness (QED) is 0.777. The molecule has 0 saturated carbocycles. The highest BCUT2D eigenvalue weighted by Crippen LogP contribution is 2.31. The van der Waals surface area contributed by atoms with Crippen LogP contribution in [-0.2, 0) is 10.4 Å². The lowest BCUT2D eigenvalue weighted by Crippen LogP contribution is -2.34. The molecule has 1 atom stereocenters. The SMILES string of the molecule is CCCCCC(O)(C(=O)O)c1cccs1.Cl. The number of rotatable bonds is 6. The second kappa shape index (κ2) is 6.89. The molecule has 0 aliphatic heterocycles. The van der Waals surface area contributed by atoms with Crippen molar-refractivity contribution in [1.29, 1.82) is 0 Å². The first-order chi connectivity index (χ1) is 7.11. The lowest BCUT2D eigenvalue weighted by Gasteiger charge is -2.21. The number of hydrogen-bond acceptors (Lipinski definition) is 3. The Morgan fingerprint density at radius 3 is 2.62 bits per heavy atom. The second-order valence-corrected chi connectivity index (χ2v) is 4.55.